The first-order chi connectivity index (χ1) is 12.2. The van der Waals surface area contributed by atoms with E-state index in [0.717, 1.165) is 5.56 Å². The Kier molecular flexibility index (Phi) is 4.77. The zero-order chi connectivity index (χ0) is 17.6. The van der Waals surface area contributed by atoms with Crippen molar-refractivity contribution in [2.75, 3.05) is 5.32 Å². The van der Waals surface area contributed by atoms with E-state index < -0.39 is 0 Å². The highest BCUT2D eigenvalue weighted by Crippen LogP contribution is 2.12. The van der Waals surface area contributed by atoms with Crippen LogP contribution < -0.4 is 5.32 Å². The van der Waals surface area contributed by atoms with Crippen LogP contribution in [0.1, 0.15) is 27.0 Å². The molecule has 2 aromatic carbocycles. The molecule has 0 spiro atoms. The maximum Gasteiger partial charge on any atom is 0.222 e. The van der Waals surface area contributed by atoms with Crippen molar-refractivity contribution in [1.29, 1.82) is 5.26 Å². The summed E-state index contributed by atoms with van der Waals surface area (Å²) >= 11 is 0. The molecule has 5 nitrogen and oxygen atoms in total. The number of nitriles is 1. The Morgan fingerprint density at radius 2 is 1.80 bits per heavy atom. The third kappa shape index (κ3) is 4.03. The summed E-state index contributed by atoms with van der Waals surface area (Å²) in [5, 5.41) is 11.9. The van der Waals surface area contributed by atoms with Crippen molar-refractivity contribution in [3.8, 4) is 6.07 Å². The molecule has 0 aliphatic heterocycles. The van der Waals surface area contributed by atoms with Crippen LogP contribution in [0, 0.1) is 17.1 Å². The average Bonchev–Trinajstić information content (AvgIpc) is 2.67. The Morgan fingerprint density at radius 3 is 2.48 bits per heavy atom. The van der Waals surface area contributed by atoms with E-state index >= 15 is 0 Å². The number of carbonyl (C=O) groups is 1. The van der Waals surface area contributed by atoms with Gasteiger partial charge in [-0.2, -0.15) is 5.26 Å². The highest BCUT2D eigenvalue weighted by molar-refractivity contribution is 6.08. The van der Waals surface area contributed by atoms with Crippen LogP contribution in [0.4, 0.5) is 10.3 Å². The molecule has 25 heavy (non-hydrogen) atoms. The molecule has 1 N–H and O–H groups in total. The molecular weight excluding hydrogens is 319 g/mol. The van der Waals surface area contributed by atoms with Gasteiger partial charge in [0.2, 0.25) is 5.95 Å². The number of halogens is 1. The van der Waals surface area contributed by atoms with E-state index in [0.29, 0.717) is 29.2 Å². The van der Waals surface area contributed by atoms with Crippen LogP contribution in [-0.4, -0.2) is 15.8 Å². The third-order valence-corrected chi connectivity index (χ3v) is 3.53. The number of nitrogens with zero attached hydrogens (tertiary/aromatic N) is 3. The van der Waals surface area contributed by atoms with Gasteiger partial charge >= 0.3 is 0 Å². The van der Waals surface area contributed by atoms with E-state index in [4.69, 9.17) is 5.26 Å². The number of ketones is 1. The van der Waals surface area contributed by atoms with E-state index in [-0.39, 0.29) is 11.6 Å². The van der Waals surface area contributed by atoms with Gasteiger partial charge in [0, 0.05) is 24.5 Å². The largest absolute Gasteiger partial charge is 0.350 e. The van der Waals surface area contributed by atoms with E-state index in [1.165, 1.54) is 30.6 Å². The number of hydrogen-bond acceptors (Lipinski definition) is 5. The monoisotopic (exact) mass is 332 g/mol. The molecule has 3 rings (SSSR count). The maximum absolute atomic E-state index is 12.9. The minimum absolute atomic E-state index is 0.248. The van der Waals surface area contributed by atoms with Crippen molar-refractivity contribution in [3.05, 3.63) is 89.0 Å². The van der Waals surface area contributed by atoms with Crippen LogP contribution in [0.25, 0.3) is 0 Å². The maximum atomic E-state index is 12.9. The average molecular weight is 332 g/mol. The minimum atomic E-state index is -0.289. The van der Waals surface area contributed by atoms with Crippen molar-refractivity contribution in [2.45, 2.75) is 6.54 Å². The van der Waals surface area contributed by atoms with E-state index in [2.05, 4.69) is 15.3 Å². The molecule has 3 aromatic rings. The third-order valence-electron chi connectivity index (χ3n) is 3.53. The van der Waals surface area contributed by atoms with Gasteiger partial charge in [-0.05, 0) is 29.8 Å². The fourth-order valence-electron chi connectivity index (χ4n) is 2.22. The van der Waals surface area contributed by atoms with Crippen LogP contribution in [0.2, 0.25) is 0 Å². The van der Waals surface area contributed by atoms with Gasteiger partial charge < -0.3 is 5.32 Å². The van der Waals surface area contributed by atoms with Crippen LogP contribution in [-0.2, 0) is 6.54 Å². The molecular formula is C19H13FN4O. The van der Waals surface area contributed by atoms with Gasteiger partial charge in [0.1, 0.15) is 5.82 Å². The van der Waals surface area contributed by atoms with Crippen LogP contribution >= 0.6 is 0 Å². The highest BCUT2D eigenvalue weighted by atomic mass is 19.1. The molecule has 0 radical (unpaired) electrons. The lowest BCUT2D eigenvalue weighted by molar-refractivity contribution is 0.103. The fourth-order valence-corrected chi connectivity index (χ4v) is 2.22. The van der Waals surface area contributed by atoms with Gasteiger partial charge in [0.05, 0.1) is 17.2 Å². The summed E-state index contributed by atoms with van der Waals surface area (Å²) in [6.07, 6.45) is 2.86. The predicted molar refractivity (Wildman–Crippen MR) is 90.3 cm³/mol. The summed E-state index contributed by atoms with van der Waals surface area (Å²) in [7, 11) is 0. The molecule has 1 aromatic heterocycles. The fraction of sp³-hybridized carbons (Fsp3) is 0.0526. The second-order valence-electron chi connectivity index (χ2n) is 5.30. The van der Waals surface area contributed by atoms with Crippen molar-refractivity contribution >= 4 is 11.7 Å². The van der Waals surface area contributed by atoms with Crippen molar-refractivity contribution < 1.29 is 9.18 Å². The number of hydrogen-bond donors (Lipinski definition) is 1. The molecule has 0 aliphatic rings. The number of nitrogens with one attached hydrogen (secondary N) is 1. The van der Waals surface area contributed by atoms with E-state index in [1.807, 2.05) is 6.07 Å². The first-order valence-electron chi connectivity index (χ1n) is 7.51. The Bertz CT molecular complexity index is 931. The zero-order valence-electron chi connectivity index (χ0n) is 13.1. The first kappa shape index (κ1) is 16.3. The summed E-state index contributed by atoms with van der Waals surface area (Å²) in [6.45, 7) is 0.442. The Hall–Kier alpha value is -3.59. The Balaban J connectivity index is 1.68. The molecule has 0 atom stereocenters. The van der Waals surface area contributed by atoms with E-state index in [9.17, 15) is 9.18 Å². The van der Waals surface area contributed by atoms with Gasteiger partial charge in [-0.25, -0.2) is 14.4 Å². The standard InChI is InChI=1S/C19H13FN4O/c20-17-6-4-13(5-7-17)10-22-19-23-11-16(12-24-19)18(25)15-3-1-2-14(8-15)9-21/h1-8,11-12H,10H2,(H,22,23,24). The summed E-state index contributed by atoms with van der Waals surface area (Å²) in [5.41, 5.74) is 2.06. The highest BCUT2D eigenvalue weighted by Gasteiger charge is 2.11. The SMILES string of the molecule is N#Cc1cccc(C(=O)c2cnc(NCc3ccc(F)cc3)nc2)c1. The molecule has 0 aliphatic carbocycles. The minimum Gasteiger partial charge on any atom is -0.350 e. The Labute approximate surface area is 143 Å². The van der Waals surface area contributed by atoms with Gasteiger partial charge in [0.15, 0.2) is 5.78 Å². The lowest BCUT2D eigenvalue weighted by Gasteiger charge is -2.06. The van der Waals surface area contributed by atoms with Crippen LogP contribution in [0.5, 0.6) is 0 Å². The molecule has 0 fully saturated rings. The van der Waals surface area contributed by atoms with Gasteiger partial charge in [0.25, 0.3) is 0 Å². The number of aromatic nitrogens is 2. The smallest absolute Gasteiger partial charge is 0.222 e. The van der Waals surface area contributed by atoms with Crippen molar-refractivity contribution in [1.82, 2.24) is 9.97 Å². The Morgan fingerprint density at radius 1 is 1.08 bits per heavy atom. The van der Waals surface area contributed by atoms with Crippen molar-refractivity contribution in [2.24, 2.45) is 0 Å². The lowest BCUT2D eigenvalue weighted by atomic mass is 10.0. The molecule has 6 heteroatoms. The summed E-state index contributed by atoms with van der Waals surface area (Å²) < 4.78 is 12.9. The molecule has 0 saturated heterocycles. The molecule has 0 bridgehead atoms. The zero-order valence-corrected chi connectivity index (χ0v) is 13.1. The number of rotatable bonds is 5. The normalized spacial score (nSPS) is 10.1. The summed E-state index contributed by atoms with van der Waals surface area (Å²) in [4.78, 5) is 20.6. The van der Waals surface area contributed by atoms with Gasteiger partial charge in [-0.1, -0.05) is 24.3 Å². The predicted octanol–water partition coefficient (Wildman–Crippen LogP) is 3.33. The number of benzene rings is 2. The van der Waals surface area contributed by atoms with Crippen LogP contribution in [0.3, 0.4) is 0 Å². The second-order valence-corrected chi connectivity index (χ2v) is 5.30. The van der Waals surface area contributed by atoms with Crippen LogP contribution in [0.15, 0.2) is 60.9 Å². The topological polar surface area (TPSA) is 78.7 Å². The first-order valence-corrected chi connectivity index (χ1v) is 7.51. The van der Waals surface area contributed by atoms with Crippen molar-refractivity contribution in [3.63, 3.8) is 0 Å². The molecule has 0 unspecified atom stereocenters. The molecule has 1 heterocycles. The quantitative estimate of drug-likeness (QED) is 0.725. The lowest BCUT2D eigenvalue weighted by Crippen LogP contribution is -2.07. The van der Waals surface area contributed by atoms with E-state index in [1.54, 1.807) is 30.3 Å². The molecule has 122 valence electrons. The van der Waals surface area contributed by atoms with Gasteiger partial charge in [-0.15, -0.1) is 0 Å². The second kappa shape index (κ2) is 7.32. The molecule has 0 saturated carbocycles. The summed E-state index contributed by atoms with van der Waals surface area (Å²) in [6, 6.07) is 14.6. The number of anilines is 1. The molecule has 0 amide bonds. The summed E-state index contributed by atoms with van der Waals surface area (Å²) in [5.74, 6) is -0.169. The van der Waals surface area contributed by atoms with Gasteiger partial charge in [-0.3, -0.25) is 4.79 Å². The number of carbonyl (C=O) groups excluding carboxylic acids is 1.